The van der Waals surface area contributed by atoms with Gasteiger partial charge in [0.2, 0.25) is 0 Å². The zero-order valence-electron chi connectivity index (χ0n) is 11.1. The molecule has 0 heterocycles. The maximum atomic E-state index is 12.1. The molecule has 19 heavy (non-hydrogen) atoms. The van der Waals surface area contributed by atoms with Gasteiger partial charge < -0.3 is 14.2 Å². The fourth-order valence-electron chi connectivity index (χ4n) is 2.43. The Morgan fingerprint density at radius 1 is 1.21 bits per heavy atom. The lowest BCUT2D eigenvalue weighted by molar-refractivity contribution is -0.149. The Bertz CT molecular complexity index is 510. The normalized spacial score (nSPS) is 24.5. The van der Waals surface area contributed by atoms with Gasteiger partial charge in [0, 0.05) is 0 Å². The molecule has 0 N–H and O–H groups in total. The Balaban J connectivity index is 2.40. The predicted octanol–water partition coefficient (Wildman–Crippen LogP) is 1.30. The number of carbonyl (C=O) groups excluding carboxylic acids is 2. The van der Waals surface area contributed by atoms with Crippen molar-refractivity contribution in [3.63, 3.8) is 0 Å². The predicted molar refractivity (Wildman–Crippen MR) is 66.8 cm³/mol. The first kappa shape index (κ1) is 13.4. The summed E-state index contributed by atoms with van der Waals surface area (Å²) in [5.41, 5.74) is -0.217. The van der Waals surface area contributed by atoms with Crippen molar-refractivity contribution in [1.29, 1.82) is 0 Å². The maximum Gasteiger partial charge on any atom is 0.317 e. The number of rotatable bonds is 4. The molecule has 102 valence electrons. The zero-order chi connectivity index (χ0) is 14.0. The van der Waals surface area contributed by atoms with E-state index in [0.717, 1.165) is 0 Å². The van der Waals surface area contributed by atoms with E-state index in [1.165, 1.54) is 14.2 Å². The van der Waals surface area contributed by atoms with Gasteiger partial charge in [0.15, 0.2) is 0 Å². The minimum absolute atomic E-state index is 0.395. The molecule has 0 spiro atoms. The fraction of sp³-hybridized carbons (Fsp3) is 0.429. The number of esters is 2. The molecule has 0 saturated heterocycles. The van der Waals surface area contributed by atoms with Crippen LogP contribution in [-0.2, 0) is 24.5 Å². The summed E-state index contributed by atoms with van der Waals surface area (Å²) in [6.45, 7) is 0. The summed E-state index contributed by atoms with van der Waals surface area (Å²) in [7, 11) is 4.18. The van der Waals surface area contributed by atoms with Gasteiger partial charge in [-0.2, -0.15) is 0 Å². The first-order chi connectivity index (χ1) is 9.09. The van der Waals surface area contributed by atoms with Gasteiger partial charge in [-0.25, -0.2) is 0 Å². The van der Waals surface area contributed by atoms with Crippen molar-refractivity contribution < 1.29 is 23.8 Å². The molecule has 2 rings (SSSR count). The van der Waals surface area contributed by atoms with Crippen LogP contribution < -0.4 is 4.74 Å². The molecule has 5 nitrogen and oxygen atoms in total. The molecular weight excluding hydrogens is 248 g/mol. The molecule has 0 aromatic heterocycles. The first-order valence-corrected chi connectivity index (χ1v) is 5.91. The van der Waals surface area contributed by atoms with Gasteiger partial charge in [0.25, 0.3) is 0 Å². The molecule has 1 saturated carbocycles. The molecule has 1 aliphatic rings. The van der Waals surface area contributed by atoms with E-state index in [4.69, 9.17) is 14.2 Å². The minimum Gasteiger partial charge on any atom is -0.497 e. The van der Waals surface area contributed by atoms with Crippen molar-refractivity contribution in [2.24, 2.45) is 5.92 Å². The Morgan fingerprint density at radius 2 is 1.95 bits per heavy atom. The van der Waals surface area contributed by atoms with Crippen molar-refractivity contribution in [1.82, 2.24) is 0 Å². The molecule has 0 amide bonds. The van der Waals surface area contributed by atoms with E-state index in [-0.39, 0.29) is 0 Å². The highest BCUT2D eigenvalue weighted by molar-refractivity contribution is 5.96. The molecule has 1 fully saturated rings. The van der Waals surface area contributed by atoms with Crippen LogP contribution in [0.4, 0.5) is 0 Å². The summed E-state index contributed by atoms with van der Waals surface area (Å²) in [6.07, 6.45) is 0.402. The molecule has 2 unspecified atom stereocenters. The van der Waals surface area contributed by atoms with E-state index in [1.807, 2.05) is 0 Å². The van der Waals surface area contributed by atoms with E-state index in [0.29, 0.717) is 17.7 Å². The second kappa shape index (κ2) is 4.91. The van der Waals surface area contributed by atoms with E-state index in [1.54, 1.807) is 31.4 Å². The van der Waals surface area contributed by atoms with Gasteiger partial charge in [-0.3, -0.25) is 9.59 Å². The zero-order valence-corrected chi connectivity index (χ0v) is 11.1. The second-order valence-electron chi connectivity index (χ2n) is 4.47. The van der Waals surface area contributed by atoms with Crippen molar-refractivity contribution in [3.05, 3.63) is 29.8 Å². The highest BCUT2D eigenvalue weighted by Gasteiger charge is 2.66. The molecule has 1 aliphatic carbocycles. The number of methoxy groups -OCH3 is 3. The van der Waals surface area contributed by atoms with Crippen molar-refractivity contribution in [2.75, 3.05) is 21.3 Å². The van der Waals surface area contributed by atoms with Gasteiger partial charge in [-0.15, -0.1) is 0 Å². The average molecular weight is 264 g/mol. The Morgan fingerprint density at radius 3 is 2.53 bits per heavy atom. The molecule has 1 aromatic carbocycles. The van der Waals surface area contributed by atoms with Crippen LogP contribution in [0, 0.1) is 5.92 Å². The van der Waals surface area contributed by atoms with Crippen molar-refractivity contribution in [3.8, 4) is 5.75 Å². The Labute approximate surface area is 111 Å². The van der Waals surface area contributed by atoms with E-state index in [9.17, 15) is 9.59 Å². The lowest BCUT2D eigenvalue weighted by Crippen LogP contribution is -2.27. The molecule has 1 aromatic rings. The summed E-state index contributed by atoms with van der Waals surface area (Å²) in [5.74, 6) is -0.669. The smallest absolute Gasteiger partial charge is 0.317 e. The molecular formula is C14H16O5. The standard InChI is InChI=1S/C14H16O5/c1-17-10-6-4-5-9(7-10)14(13(16)19-3)8-11(14)12(15)18-2/h4-7,11H,8H2,1-3H3. The number of ether oxygens (including phenoxy) is 3. The van der Waals surface area contributed by atoms with Crippen LogP contribution in [0.5, 0.6) is 5.75 Å². The van der Waals surface area contributed by atoms with Crippen LogP contribution in [0.2, 0.25) is 0 Å². The maximum absolute atomic E-state index is 12.1. The summed E-state index contributed by atoms with van der Waals surface area (Å²) >= 11 is 0. The van der Waals surface area contributed by atoms with Crippen LogP contribution in [0.15, 0.2) is 24.3 Å². The van der Waals surface area contributed by atoms with Gasteiger partial charge in [0.1, 0.15) is 11.2 Å². The first-order valence-electron chi connectivity index (χ1n) is 5.91. The minimum atomic E-state index is -0.934. The fourth-order valence-corrected chi connectivity index (χ4v) is 2.43. The number of benzene rings is 1. The highest BCUT2D eigenvalue weighted by Crippen LogP contribution is 2.56. The Kier molecular flexibility index (Phi) is 3.46. The van der Waals surface area contributed by atoms with Gasteiger partial charge >= 0.3 is 11.9 Å². The number of hydrogen-bond acceptors (Lipinski definition) is 5. The second-order valence-corrected chi connectivity index (χ2v) is 4.47. The lowest BCUT2D eigenvalue weighted by atomic mass is 9.93. The Hall–Kier alpha value is -2.04. The molecule has 5 heteroatoms. The summed E-state index contributed by atoms with van der Waals surface area (Å²) in [6, 6.07) is 7.11. The van der Waals surface area contributed by atoms with Crippen molar-refractivity contribution >= 4 is 11.9 Å². The van der Waals surface area contributed by atoms with Crippen LogP contribution in [0.25, 0.3) is 0 Å². The topological polar surface area (TPSA) is 61.8 Å². The third-order valence-corrected chi connectivity index (χ3v) is 3.58. The number of hydrogen-bond donors (Lipinski definition) is 0. The largest absolute Gasteiger partial charge is 0.497 e. The van der Waals surface area contributed by atoms with Crippen molar-refractivity contribution in [2.45, 2.75) is 11.8 Å². The van der Waals surface area contributed by atoms with Crippen LogP contribution in [0.1, 0.15) is 12.0 Å². The van der Waals surface area contributed by atoms with E-state index >= 15 is 0 Å². The van der Waals surface area contributed by atoms with Gasteiger partial charge in [-0.1, -0.05) is 12.1 Å². The van der Waals surface area contributed by atoms with Gasteiger partial charge in [0.05, 0.1) is 27.2 Å². The third kappa shape index (κ3) is 2.05. The summed E-state index contributed by atoms with van der Waals surface area (Å²) in [4.78, 5) is 23.7. The van der Waals surface area contributed by atoms with Gasteiger partial charge in [-0.05, 0) is 24.1 Å². The lowest BCUT2D eigenvalue weighted by Gasteiger charge is -2.15. The molecule has 0 aliphatic heterocycles. The molecule has 0 bridgehead atoms. The average Bonchev–Trinajstić information content (AvgIpc) is 3.22. The SMILES string of the molecule is COC(=O)C1CC1(C(=O)OC)c1cccc(OC)c1. The summed E-state index contributed by atoms with van der Waals surface area (Å²) < 4.78 is 14.7. The van der Waals surface area contributed by atoms with Crippen LogP contribution >= 0.6 is 0 Å². The molecule has 2 atom stereocenters. The monoisotopic (exact) mass is 264 g/mol. The number of carbonyl (C=O) groups is 2. The third-order valence-electron chi connectivity index (χ3n) is 3.58. The summed E-state index contributed by atoms with van der Waals surface area (Å²) in [5, 5.41) is 0. The quantitative estimate of drug-likeness (QED) is 0.767. The van der Waals surface area contributed by atoms with E-state index < -0.39 is 23.3 Å². The highest BCUT2D eigenvalue weighted by atomic mass is 16.5. The molecule has 0 radical (unpaired) electrons. The van der Waals surface area contributed by atoms with Crippen LogP contribution in [-0.4, -0.2) is 33.3 Å². The van der Waals surface area contributed by atoms with E-state index in [2.05, 4.69) is 0 Å². The van der Waals surface area contributed by atoms with Crippen LogP contribution in [0.3, 0.4) is 0 Å².